The maximum atomic E-state index is 13.4. The molecule has 2 aromatic carbocycles. The number of rotatable bonds is 7. The molecule has 6 nitrogen and oxygen atoms in total. The van der Waals surface area contributed by atoms with E-state index in [0.29, 0.717) is 33.8 Å². The van der Waals surface area contributed by atoms with Crippen LogP contribution in [0.4, 0.5) is 21.6 Å². The Morgan fingerprint density at radius 2 is 2.13 bits per heavy atom. The zero-order valence-corrected chi connectivity index (χ0v) is 17.0. The lowest BCUT2D eigenvalue weighted by Crippen LogP contribution is -2.09. The van der Waals surface area contributed by atoms with E-state index in [1.54, 1.807) is 24.3 Å². The molecular formula is C22H20ClFN4O2. The Morgan fingerprint density at radius 1 is 1.30 bits per heavy atom. The van der Waals surface area contributed by atoms with Crippen molar-refractivity contribution in [2.45, 2.75) is 19.3 Å². The Labute approximate surface area is 178 Å². The van der Waals surface area contributed by atoms with Crippen LogP contribution < -0.4 is 15.4 Å². The summed E-state index contributed by atoms with van der Waals surface area (Å²) in [6.07, 6.45) is 8.25. The highest BCUT2D eigenvalue weighted by atomic mass is 35.5. The molecule has 2 N–H and O–H groups in total. The third kappa shape index (κ3) is 4.68. The number of allylic oxidation sites excluding steroid dienone is 1. The predicted molar refractivity (Wildman–Crippen MR) is 116 cm³/mol. The molecule has 30 heavy (non-hydrogen) atoms. The average molecular weight is 427 g/mol. The van der Waals surface area contributed by atoms with E-state index in [1.807, 2.05) is 6.08 Å². The van der Waals surface area contributed by atoms with Crippen LogP contribution in [0.3, 0.4) is 0 Å². The smallest absolute Gasteiger partial charge is 0.248 e. The molecule has 1 heterocycles. The molecular weight excluding hydrogens is 407 g/mol. The topological polar surface area (TPSA) is 76.1 Å². The summed E-state index contributed by atoms with van der Waals surface area (Å²) in [6, 6.07) is 7.78. The number of hydrogen-bond acceptors (Lipinski definition) is 5. The monoisotopic (exact) mass is 426 g/mol. The van der Waals surface area contributed by atoms with Crippen LogP contribution in [-0.4, -0.2) is 23.0 Å². The first-order valence-corrected chi connectivity index (χ1v) is 9.93. The van der Waals surface area contributed by atoms with Gasteiger partial charge in [-0.05, 0) is 55.5 Å². The molecule has 0 spiro atoms. The third-order valence-corrected chi connectivity index (χ3v) is 5.12. The Balaban J connectivity index is 1.63. The summed E-state index contributed by atoms with van der Waals surface area (Å²) >= 11 is 5.87. The maximum absolute atomic E-state index is 13.4. The van der Waals surface area contributed by atoms with E-state index in [2.05, 4.69) is 20.6 Å². The van der Waals surface area contributed by atoms with Gasteiger partial charge in [-0.25, -0.2) is 14.4 Å². The number of aromatic nitrogens is 2. The minimum atomic E-state index is -0.501. The Bertz CT molecular complexity index is 1130. The van der Waals surface area contributed by atoms with Crippen molar-refractivity contribution in [2.75, 3.05) is 17.7 Å². The van der Waals surface area contributed by atoms with Crippen molar-refractivity contribution in [3.63, 3.8) is 0 Å². The van der Waals surface area contributed by atoms with Crippen LogP contribution in [0.25, 0.3) is 10.9 Å². The minimum Gasteiger partial charge on any atom is -0.494 e. The van der Waals surface area contributed by atoms with Gasteiger partial charge >= 0.3 is 0 Å². The van der Waals surface area contributed by atoms with Gasteiger partial charge in [-0.1, -0.05) is 17.7 Å². The van der Waals surface area contributed by atoms with Crippen molar-refractivity contribution in [3.05, 3.63) is 59.7 Å². The highest BCUT2D eigenvalue weighted by Crippen LogP contribution is 2.34. The fourth-order valence-corrected chi connectivity index (χ4v) is 3.24. The molecule has 1 aliphatic carbocycles. The predicted octanol–water partition coefficient (Wildman–Crippen LogP) is 5.47. The molecule has 0 unspecified atom stereocenters. The Hall–Kier alpha value is -3.19. The third-order valence-electron chi connectivity index (χ3n) is 4.83. The van der Waals surface area contributed by atoms with Gasteiger partial charge in [-0.2, -0.15) is 0 Å². The van der Waals surface area contributed by atoms with Crippen LogP contribution in [0.5, 0.6) is 5.75 Å². The second kappa shape index (κ2) is 8.67. The standard InChI is InChI=1S/C22H20ClFN4O2/c1-30-20-11-18-15(10-19(20)28-21(29)4-2-3-13-5-6-13)22(26-12-25-18)27-14-7-8-17(24)16(23)9-14/h2,4,7-13H,3,5-6H2,1H3,(H,28,29)(H,25,26,27). The van der Waals surface area contributed by atoms with Crippen LogP contribution >= 0.6 is 11.6 Å². The van der Waals surface area contributed by atoms with E-state index in [9.17, 15) is 9.18 Å². The molecule has 154 valence electrons. The molecule has 1 aromatic heterocycles. The van der Waals surface area contributed by atoms with Gasteiger partial charge in [0.1, 0.15) is 23.7 Å². The molecule has 0 aliphatic heterocycles. The SMILES string of the molecule is COc1cc2ncnc(Nc3ccc(F)c(Cl)c3)c2cc1NC(=O)C=CCC1CC1. The van der Waals surface area contributed by atoms with E-state index >= 15 is 0 Å². The van der Waals surface area contributed by atoms with Crippen molar-refractivity contribution in [1.82, 2.24) is 9.97 Å². The number of hydrogen-bond donors (Lipinski definition) is 2. The van der Waals surface area contributed by atoms with Crippen LogP contribution in [0.2, 0.25) is 5.02 Å². The zero-order chi connectivity index (χ0) is 21.1. The number of carbonyl (C=O) groups is 1. The van der Waals surface area contributed by atoms with Crippen molar-refractivity contribution in [2.24, 2.45) is 5.92 Å². The Morgan fingerprint density at radius 3 is 2.87 bits per heavy atom. The number of nitrogens with one attached hydrogen (secondary N) is 2. The van der Waals surface area contributed by atoms with E-state index in [1.165, 1.54) is 38.4 Å². The summed E-state index contributed by atoms with van der Waals surface area (Å²) in [5, 5.41) is 6.64. The molecule has 1 amide bonds. The molecule has 0 atom stereocenters. The number of amides is 1. The van der Waals surface area contributed by atoms with Crippen molar-refractivity contribution >= 4 is 45.6 Å². The van der Waals surface area contributed by atoms with Gasteiger partial charge in [0, 0.05) is 17.1 Å². The number of halogens is 2. The number of methoxy groups -OCH3 is 1. The van der Waals surface area contributed by atoms with Crippen molar-refractivity contribution < 1.29 is 13.9 Å². The van der Waals surface area contributed by atoms with Gasteiger partial charge in [-0.3, -0.25) is 4.79 Å². The first-order valence-electron chi connectivity index (χ1n) is 9.56. The second-order valence-corrected chi connectivity index (χ2v) is 7.52. The summed E-state index contributed by atoms with van der Waals surface area (Å²) in [7, 11) is 1.53. The summed E-state index contributed by atoms with van der Waals surface area (Å²) in [5.41, 5.74) is 1.70. The first-order chi connectivity index (χ1) is 14.5. The van der Waals surface area contributed by atoms with Crippen molar-refractivity contribution in [1.29, 1.82) is 0 Å². The van der Waals surface area contributed by atoms with Gasteiger partial charge in [0.2, 0.25) is 5.91 Å². The van der Waals surface area contributed by atoms with Gasteiger partial charge in [0.15, 0.2) is 0 Å². The lowest BCUT2D eigenvalue weighted by atomic mass is 10.1. The molecule has 0 bridgehead atoms. The highest BCUT2D eigenvalue weighted by Gasteiger charge is 2.19. The summed E-state index contributed by atoms with van der Waals surface area (Å²) in [5.74, 6) is 0.963. The quantitative estimate of drug-likeness (QED) is 0.490. The van der Waals surface area contributed by atoms with E-state index < -0.39 is 5.82 Å². The minimum absolute atomic E-state index is 0.00553. The second-order valence-electron chi connectivity index (χ2n) is 7.12. The average Bonchev–Trinajstić information content (AvgIpc) is 3.55. The van der Waals surface area contributed by atoms with E-state index in [-0.39, 0.29) is 10.9 Å². The number of nitrogens with zero attached hydrogens (tertiary/aromatic N) is 2. The largest absolute Gasteiger partial charge is 0.494 e. The number of benzene rings is 2. The van der Waals surface area contributed by atoms with Gasteiger partial charge in [0.25, 0.3) is 0 Å². The fraction of sp³-hybridized carbons (Fsp3) is 0.227. The van der Waals surface area contributed by atoms with E-state index in [0.717, 1.165) is 12.3 Å². The highest BCUT2D eigenvalue weighted by molar-refractivity contribution is 6.31. The molecule has 0 saturated heterocycles. The van der Waals surface area contributed by atoms with Gasteiger partial charge in [-0.15, -0.1) is 0 Å². The fourth-order valence-electron chi connectivity index (χ4n) is 3.06. The summed E-state index contributed by atoms with van der Waals surface area (Å²) in [4.78, 5) is 20.9. The lowest BCUT2D eigenvalue weighted by molar-refractivity contribution is -0.111. The number of ether oxygens (including phenoxy) is 1. The number of anilines is 3. The van der Waals surface area contributed by atoms with Gasteiger partial charge < -0.3 is 15.4 Å². The summed E-state index contributed by atoms with van der Waals surface area (Å²) in [6.45, 7) is 0. The molecule has 4 rings (SSSR count). The number of carbonyl (C=O) groups excluding carboxylic acids is 1. The maximum Gasteiger partial charge on any atom is 0.248 e. The number of fused-ring (bicyclic) bond motifs is 1. The molecule has 3 aromatic rings. The zero-order valence-electron chi connectivity index (χ0n) is 16.3. The molecule has 1 fully saturated rings. The molecule has 8 heteroatoms. The lowest BCUT2D eigenvalue weighted by Gasteiger charge is -2.13. The molecule has 0 radical (unpaired) electrons. The normalized spacial score (nSPS) is 13.6. The van der Waals surface area contributed by atoms with Crippen molar-refractivity contribution in [3.8, 4) is 5.75 Å². The van der Waals surface area contributed by atoms with Crippen LogP contribution in [0, 0.1) is 11.7 Å². The summed E-state index contributed by atoms with van der Waals surface area (Å²) < 4.78 is 18.9. The van der Waals surface area contributed by atoms with Crippen LogP contribution in [0.15, 0.2) is 48.8 Å². The molecule has 1 saturated carbocycles. The first kappa shape index (κ1) is 20.1. The van der Waals surface area contributed by atoms with E-state index in [4.69, 9.17) is 16.3 Å². The Kier molecular flexibility index (Phi) is 5.81. The van der Waals surface area contributed by atoms with Crippen LogP contribution in [-0.2, 0) is 4.79 Å². The van der Waals surface area contributed by atoms with Gasteiger partial charge in [0.05, 0.1) is 23.3 Å². The molecule has 1 aliphatic rings. The van der Waals surface area contributed by atoms with Crippen LogP contribution in [0.1, 0.15) is 19.3 Å².